The fraction of sp³-hybridized carbons (Fsp3) is 0.130. The third-order valence-corrected chi connectivity index (χ3v) is 4.62. The molecule has 2 N–H and O–H groups in total. The highest BCUT2D eigenvalue weighted by Crippen LogP contribution is 2.27. The van der Waals surface area contributed by atoms with E-state index in [9.17, 15) is 9.59 Å². The van der Waals surface area contributed by atoms with Crippen LogP contribution < -0.4 is 25.1 Å². The third-order valence-electron chi connectivity index (χ3n) is 4.37. The first kappa shape index (κ1) is 22.0. The van der Waals surface area contributed by atoms with Crippen LogP contribution in [-0.4, -0.2) is 26.0 Å². The fourth-order valence-electron chi connectivity index (χ4n) is 2.69. The first-order valence-corrected chi connectivity index (χ1v) is 9.68. The topological polar surface area (TPSA) is 85.9 Å². The van der Waals surface area contributed by atoms with Gasteiger partial charge in [-0.3, -0.25) is 20.4 Å². The van der Waals surface area contributed by atoms with Gasteiger partial charge in [-0.25, -0.2) is 0 Å². The van der Waals surface area contributed by atoms with Gasteiger partial charge in [-0.05, 0) is 60.2 Å². The summed E-state index contributed by atoms with van der Waals surface area (Å²) in [5, 5.41) is 0.640. The summed E-state index contributed by atoms with van der Waals surface area (Å²) in [6.07, 6.45) is 0. The molecule has 8 heteroatoms. The lowest BCUT2D eigenvalue weighted by Gasteiger charge is -2.11. The molecule has 0 saturated carbocycles. The Morgan fingerprint density at radius 1 is 0.774 bits per heavy atom. The van der Waals surface area contributed by atoms with Crippen molar-refractivity contribution in [2.24, 2.45) is 0 Å². The molecule has 0 aliphatic rings. The number of hydrazine groups is 1. The molecular formula is C23H21ClN2O5. The SMILES string of the molecule is COc1ccc(C(=O)NNC(=O)c2ccc(COc3ccc(Cl)cc3)cc2)cc1OC. The van der Waals surface area contributed by atoms with Crippen LogP contribution in [0.2, 0.25) is 5.02 Å². The zero-order chi connectivity index (χ0) is 22.2. The zero-order valence-corrected chi connectivity index (χ0v) is 17.7. The molecule has 2 amide bonds. The summed E-state index contributed by atoms with van der Waals surface area (Å²) in [5.41, 5.74) is 6.37. The molecule has 3 aromatic rings. The van der Waals surface area contributed by atoms with Crippen LogP contribution in [0.5, 0.6) is 17.2 Å². The zero-order valence-electron chi connectivity index (χ0n) is 17.0. The largest absolute Gasteiger partial charge is 0.493 e. The molecule has 0 atom stereocenters. The summed E-state index contributed by atoms with van der Waals surface area (Å²) in [7, 11) is 2.98. The normalized spacial score (nSPS) is 10.2. The highest BCUT2D eigenvalue weighted by Gasteiger charge is 2.12. The molecule has 0 bridgehead atoms. The number of hydrogen-bond donors (Lipinski definition) is 2. The number of ether oxygens (including phenoxy) is 3. The average molecular weight is 441 g/mol. The highest BCUT2D eigenvalue weighted by atomic mass is 35.5. The summed E-state index contributed by atoms with van der Waals surface area (Å²) in [6, 6.07) is 18.6. The average Bonchev–Trinajstić information content (AvgIpc) is 2.81. The third kappa shape index (κ3) is 5.90. The predicted octanol–water partition coefficient (Wildman–Crippen LogP) is 4.01. The molecule has 0 heterocycles. The Morgan fingerprint density at radius 2 is 1.35 bits per heavy atom. The van der Waals surface area contributed by atoms with E-state index in [0.717, 1.165) is 5.56 Å². The lowest BCUT2D eigenvalue weighted by molar-refractivity contribution is 0.0846. The van der Waals surface area contributed by atoms with Crippen molar-refractivity contribution >= 4 is 23.4 Å². The molecule has 0 unspecified atom stereocenters. The highest BCUT2D eigenvalue weighted by molar-refractivity contribution is 6.30. The van der Waals surface area contributed by atoms with E-state index in [1.165, 1.54) is 20.3 Å². The molecule has 160 valence electrons. The number of hydrogen-bond acceptors (Lipinski definition) is 5. The Labute approximate surface area is 184 Å². The van der Waals surface area contributed by atoms with Gasteiger partial charge in [0.25, 0.3) is 11.8 Å². The van der Waals surface area contributed by atoms with Gasteiger partial charge in [-0.15, -0.1) is 0 Å². The summed E-state index contributed by atoms with van der Waals surface area (Å²) in [6.45, 7) is 0.347. The summed E-state index contributed by atoms with van der Waals surface area (Å²) in [4.78, 5) is 24.6. The van der Waals surface area contributed by atoms with Crippen molar-refractivity contribution in [2.75, 3.05) is 14.2 Å². The summed E-state index contributed by atoms with van der Waals surface area (Å²) >= 11 is 5.85. The van der Waals surface area contributed by atoms with Crippen molar-refractivity contribution < 1.29 is 23.8 Å². The van der Waals surface area contributed by atoms with Gasteiger partial charge in [-0.1, -0.05) is 23.7 Å². The summed E-state index contributed by atoms with van der Waals surface area (Å²) < 4.78 is 16.0. The van der Waals surface area contributed by atoms with Gasteiger partial charge in [0.1, 0.15) is 12.4 Å². The maximum atomic E-state index is 12.3. The smallest absolute Gasteiger partial charge is 0.269 e. The van der Waals surface area contributed by atoms with Crippen LogP contribution in [-0.2, 0) is 6.61 Å². The van der Waals surface area contributed by atoms with Crippen molar-refractivity contribution in [2.45, 2.75) is 6.61 Å². The Kier molecular flexibility index (Phi) is 7.35. The molecule has 7 nitrogen and oxygen atoms in total. The molecule has 0 aliphatic carbocycles. The van der Waals surface area contributed by atoms with Crippen molar-refractivity contribution in [1.29, 1.82) is 0 Å². The van der Waals surface area contributed by atoms with Crippen molar-refractivity contribution in [3.63, 3.8) is 0 Å². The molecule has 0 aromatic heterocycles. The van der Waals surface area contributed by atoms with Crippen LogP contribution in [0.25, 0.3) is 0 Å². The Hall–Kier alpha value is -3.71. The Morgan fingerprint density at radius 3 is 1.97 bits per heavy atom. The van der Waals surface area contributed by atoms with Crippen LogP contribution >= 0.6 is 11.6 Å². The van der Waals surface area contributed by atoms with Gasteiger partial charge < -0.3 is 14.2 Å². The van der Waals surface area contributed by atoms with Gasteiger partial charge in [0, 0.05) is 16.1 Å². The van der Waals surface area contributed by atoms with E-state index >= 15 is 0 Å². The molecule has 0 fully saturated rings. The number of carbonyl (C=O) groups excluding carboxylic acids is 2. The van der Waals surface area contributed by atoms with Crippen LogP contribution in [0.4, 0.5) is 0 Å². The van der Waals surface area contributed by atoms with Gasteiger partial charge >= 0.3 is 0 Å². The first-order valence-electron chi connectivity index (χ1n) is 9.30. The van der Waals surface area contributed by atoms with Crippen LogP contribution in [0.3, 0.4) is 0 Å². The van der Waals surface area contributed by atoms with E-state index < -0.39 is 11.8 Å². The maximum Gasteiger partial charge on any atom is 0.269 e. The van der Waals surface area contributed by atoms with Crippen molar-refractivity contribution in [1.82, 2.24) is 10.9 Å². The summed E-state index contributed by atoms with van der Waals surface area (Å²) in [5.74, 6) is 0.687. The minimum Gasteiger partial charge on any atom is -0.493 e. The van der Waals surface area contributed by atoms with E-state index in [0.29, 0.717) is 40.0 Å². The lowest BCUT2D eigenvalue weighted by Crippen LogP contribution is -2.41. The maximum absolute atomic E-state index is 12.3. The second-order valence-corrected chi connectivity index (χ2v) is 6.85. The second kappa shape index (κ2) is 10.4. The minimum atomic E-state index is -0.484. The number of carbonyl (C=O) groups is 2. The van der Waals surface area contributed by atoms with Gasteiger partial charge in [-0.2, -0.15) is 0 Å². The van der Waals surface area contributed by atoms with Crippen LogP contribution in [0.15, 0.2) is 66.7 Å². The molecule has 0 aliphatic heterocycles. The molecule has 3 aromatic carbocycles. The van der Waals surface area contributed by atoms with E-state index in [4.69, 9.17) is 25.8 Å². The first-order chi connectivity index (χ1) is 15.0. The van der Waals surface area contributed by atoms with Crippen LogP contribution in [0, 0.1) is 0 Å². The second-order valence-electron chi connectivity index (χ2n) is 6.42. The van der Waals surface area contributed by atoms with Crippen molar-refractivity contribution in [3.8, 4) is 17.2 Å². The lowest BCUT2D eigenvalue weighted by atomic mass is 10.1. The molecule has 0 spiro atoms. The molecular weight excluding hydrogens is 420 g/mol. The van der Waals surface area contributed by atoms with Crippen LogP contribution in [0.1, 0.15) is 26.3 Å². The number of halogens is 1. The number of benzene rings is 3. The quantitative estimate of drug-likeness (QED) is 0.542. The van der Waals surface area contributed by atoms with E-state index in [1.54, 1.807) is 60.7 Å². The molecule has 31 heavy (non-hydrogen) atoms. The standard InChI is InChI=1S/C23H21ClN2O5/c1-29-20-12-7-17(13-21(20)30-2)23(28)26-25-22(27)16-5-3-15(4-6-16)14-31-19-10-8-18(24)9-11-19/h3-13H,14H2,1-2H3,(H,25,27)(H,26,28). The fourth-order valence-corrected chi connectivity index (χ4v) is 2.81. The van der Waals surface area contributed by atoms with E-state index in [-0.39, 0.29) is 0 Å². The van der Waals surface area contributed by atoms with Gasteiger partial charge in [0.2, 0.25) is 0 Å². The predicted molar refractivity (Wildman–Crippen MR) is 117 cm³/mol. The number of nitrogens with one attached hydrogen (secondary N) is 2. The van der Waals surface area contributed by atoms with E-state index in [2.05, 4.69) is 10.9 Å². The Bertz CT molecular complexity index is 1050. The van der Waals surface area contributed by atoms with E-state index in [1.807, 2.05) is 0 Å². The number of rotatable bonds is 7. The monoisotopic (exact) mass is 440 g/mol. The molecule has 3 rings (SSSR count). The minimum absolute atomic E-state index is 0.313. The number of amides is 2. The van der Waals surface area contributed by atoms with Gasteiger partial charge in [0.15, 0.2) is 11.5 Å². The van der Waals surface area contributed by atoms with Crippen molar-refractivity contribution in [3.05, 3.63) is 88.4 Å². The van der Waals surface area contributed by atoms with Gasteiger partial charge in [0.05, 0.1) is 14.2 Å². The molecule has 0 saturated heterocycles. The Balaban J connectivity index is 1.53. The molecule has 0 radical (unpaired) electrons. The number of methoxy groups -OCH3 is 2.